The number of hydrogen-bond donors (Lipinski definition) is 4. The van der Waals surface area contributed by atoms with Crippen molar-refractivity contribution in [3.63, 3.8) is 0 Å². The van der Waals surface area contributed by atoms with Gasteiger partial charge in [-0.25, -0.2) is 19.3 Å². The topological polar surface area (TPSA) is 136 Å². The van der Waals surface area contributed by atoms with E-state index in [1.807, 2.05) is 4.68 Å². The van der Waals surface area contributed by atoms with Gasteiger partial charge in [0.05, 0.1) is 6.54 Å². The molecule has 4 N–H and O–H groups in total. The van der Waals surface area contributed by atoms with E-state index < -0.39 is 24.3 Å². The number of hydrogen-bond acceptors (Lipinski definition) is 6. The lowest BCUT2D eigenvalue weighted by atomic mass is 10.0. The van der Waals surface area contributed by atoms with E-state index in [1.165, 1.54) is 41.7 Å². The van der Waals surface area contributed by atoms with Crippen LogP contribution in [-0.2, 0) is 22.6 Å². The summed E-state index contributed by atoms with van der Waals surface area (Å²) in [6.07, 6.45) is -3.57. The van der Waals surface area contributed by atoms with Gasteiger partial charge in [0.25, 0.3) is 0 Å². The first-order valence-electron chi connectivity index (χ1n) is 11.6. The zero-order chi connectivity index (χ0) is 29.2. The van der Waals surface area contributed by atoms with Gasteiger partial charge in [-0.3, -0.25) is 0 Å². The standard InChI is InChI=1S/C19H26N6.2C2HF3O2/c1-2-24(11-16-8-20-9-16)6-5-17-10-22-19-4-3-15(7-18(17)19)12-25-14-21-13-23-25;2*3-2(4,5)1(6)7/h3-4,7,10,13-14,16,20,22H,2,5-6,8-9,11-12H2,1H3;2*(H,6,7). The van der Waals surface area contributed by atoms with Crippen LogP contribution in [0.25, 0.3) is 10.9 Å². The van der Waals surface area contributed by atoms with Crippen LogP contribution in [0.2, 0.25) is 0 Å². The summed E-state index contributed by atoms with van der Waals surface area (Å²) in [4.78, 5) is 27.8. The number of carboxylic acids is 2. The van der Waals surface area contributed by atoms with Crippen LogP contribution in [0.5, 0.6) is 0 Å². The minimum atomic E-state index is -5.08. The normalized spacial score (nSPS) is 13.7. The van der Waals surface area contributed by atoms with E-state index in [2.05, 4.69) is 56.6 Å². The molecule has 2 aromatic heterocycles. The molecule has 1 saturated heterocycles. The summed E-state index contributed by atoms with van der Waals surface area (Å²) in [7, 11) is 0. The van der Waals surface area contributed by atoms with Crippen LogP contribution < -0.4 is 5.32 Å². The first-order valence-corrected chi connectivity index (χ1v) is 11.6. The van der Waals surface area contributed by atoms with Gasteiger partial charge in [-0.05, 0) is 42.1 Å². The summed E-state index contributed by atoms with van der Waals surface area (Å²) >= 11 is 0. The third-order valence-corrected chi connectivity index (χ3v) is 5.65. The number of aromatic nitrogens is 4. The molecule has 0 bridgehead atoms. The van der Waals surface area contributed by atoms with Crippen LogP contribution in [0.4, 0.5) is 26.3 Å². The molecule has 4 rings (SSSR count). The summed E-state index contributed by atoms with van der Waals surface area (Å²) in [6, 6.07) is 6.62. The van der Waals surface area contributed by atoms with Gasteiger partial charge in [0.15, 0.2) is 0 Å². The number of fused-ring (bicyclic) bond motifs is 1. The second-order valence-electron chi connectivity index (χ2n) is 8.56. The number of benzene rings is 1. The predicted molar refractivity (Wildman–Crippen MR) is 127 cm³/mol. The molecule has 39 heavy (non-hydrogen) atoms. The fourth-order valence-electron chi connectivity index (χ4n) is 3.53. The molecule has 1 fully saturated rings. The molecule has 1 aliphatic heterocycles. The third-order valence-electron chi connectivity index (χ3n) is 5.65. The molecule has 0 atom stereocenters. The molecule has 0 spiro atoms. The highest BCUT2D eigenvalue weighted by molar-refractivity contribution is 5.84. The van der Waals surface area contributed by atoms with E-state index in [0.29, 0.717) is 0 Å². The lowest BCUT2D eigenvalue weighted by molar-refractivity contribution is -0.193. The van der Waals surface area contributed by atoms with E-state index in [4.69, 9.17) is 19.8 Å². The molecular weight excluding hydrogens is 538 g/mol. The molecule has 0 saturated carbocycles. The van der Waals surface area contributed by atoms with Crippen LogP contribution in [0.1, 0.15) is 18.1 Å². The van der Waals surface area contributed by atoms with Crippen LogP contribution in [0.15, 0.2) is 37.1 Å². The zero-order valence-corrected chi connectivity index (χ0v) is 20.8. The van der Waals surface area contributed by atoms with Gasteiger partial charge in [0.2, 0.25) is 0 Å². The Bertz CT molecular complexity index is 1170. The summed E-state index contributed by atoms with van der Waals surface area (Å²) in [5, 5.41) is 23.1. The van der Waals surface area contributed by atoms with Crippen molar-refractivity contribution < 1.29 is 46.1 Å². The van der Waals surface area contributed by atoms with E-state index in [-0.39, 0.29) is 0 Å². The Hall–Kier alpha value is -3.66. The third kappa shape index (κ3) is 10.6. The number of carbonyl (C=O) groups is 2. The SMILES string of the molecule is CCN(CCc1c[nH]c2ccc(Cn3cncn3)cc12)CC1CNC1.O=C(O)C(F)(F)F.O=C(O)C(F)(F)F. The Labute approximate surface area is 218 Å². The summed E-state index contributed by atoms with van der Waals surface area (Å²) in [5.41, 5.74) is 3.87. The van der Waals surface area contributed by atoms with Gasteiger partial charge in [0, 0.05) is 43.3 Å². The highest BCUT2D eigenvalue weighted by Crippen LogP contribution is 2.21. The first kappa shape index (κ1) is 31.6. The molecule has 0 amide bonds. The number of aliphatic carboxylic acids is 2. The second kappa shape index (κ2) is 13.9. The molecular formula is C23H28F6N6O4. The highest BCUT2D eigenvalue weighted by Gasteiger charge is 2.38. The number of H-pyrrole nitrogens is 1. The van der Waals surface area contributed by atoms with Crippen molar-refractivity contribution in [3.05, 3.63) is 48.2 Å². The summed E-state index contributed by atoms with van der Waals surface area (Å²) < 4.78 is 65.3. The Morgan fingerprint density at radius 2 is 1.72 bits per heavy atom. The van der Waals surface area contributed by atoms with E-state index >= 15 is 0 Å². The molecule has 3 aromatic rings. The predicted octanol–water partition coefficient (Wildman–Crippen LogP) is 3.16. The monoisotopic (exact) mass is 566 g/mol. The average Bonchev–Trinajstić information content (AvgIpc) is 3.47. The maximum absolute atomic E-state index is 10.6. The maximum Gasteiger partial charge on any atom is 0.490 e. The van der Waals surface area contributed by atoms with E-state index in [9.17, 15) is 26.3 Å². The molecule has 16 heteroatoms. The van der Waals surface area contributed by atoms with Gasteiger partial charge >= 0.3 is 24.3 Å². The van der Waals surface area contributed by atoms with Crippen LogP contribution in [0.3, 0.4) is 0 Å². The molecule has 1 aliphatic rings. The number of alkyl halides is 6. The van der Waals surface area contributed by atoms with Crippen molar-refractivity contribution in [1.82, 2.24) is 30.0 Å². The molecule has 0 aliphatic carbocycles. The molecule has 216 valence electrons. The quantitative estimate of drug-likeness (QED) is 0.306. The van der Waals surface area contributed by atoms with Crippen molar-refractivity contribution >= 4 is 22.8 Å². The van der Waals surface area contributed by atoms with Crippen molar-refractivity contribution in [2.75, 3.05) is 32.7 Å². The van der Waals surface area contributed by atoms with Crippen molar-refractivity contribution in [1.29, 1.82) is 0 Å². The summed E-state index contributed by atoms with van der Waals surface area (Å²) in [5.74, 6) is -4.68. The minimum Gasteiger partial charge on any atom is -0.475 e. The Morgan fingerprint density at radius 3 is 2.18 bits per heavy atom. The highest BCUT2D eigenvalue weighted by atomic mass is 19.4. The molecule has 1 aromatic carbocycles. The van der Waals surface area contributed by atoms with Crippen LogP contribution >= 0.6 is 0 Å². The first-order chi connectivity index (χ1) is 18.2. The maximum atomic E-state index is 10.6. The van der Waals surface area contributed by atoms with Gasteiger partial charge in [0.1, 0.15) is 12.7 Å². The number of nitrogens with zero attached hydrogens (tertiary/aromatic N) is 4. The molecule has 3 heterocycles. The second-order valence-corrected chi connectivity index (χ2v) is 8.56. The number of likely N-dealkylation sites (N-methyl/N-ethyl adjacent to an activating group) is 1. The number of rotatable bonds is 8. The lowest BCUT2D eigenvalue weighted by Gasteiger charge is -2.32. The zero-order valence-electron chi connectivity index (χ0n) is 20.8. The summed E-state index contributed by atoms with van der Waals surface area (Å²) in [6.45, 7) is 8.82. The minimum absolute atomic E-state index is 0.760. The Balaban J connectivity index is 0.000000317. The van der Waals surface area contributed by atoms with E-state index in [1.54, 1.807) is 12.7 Å². The van der Waals surface area contributed by atoms with Crippen molar-refractivity contribution in [3.8, 4) is 0 Å². The van der Waals surface area contributed by atoms with Crippen molar-refractivity contribution in [2.24, 2.45) is 5.92 Å². The molecule has 0 radical (unpaired) electrons. The van der Waals surface area contributed by atoms with Gasteiger partial charge < -0.3 is 25.4 Å². The number of aromatic amines is 1. The largest absolute Gasteiger partial charge is 0.490 e. The Morgan fingerprint density at radius 1 is 1.10 bits per heavy atom. The van der Waals surface area contributed by atoms with Gasteiger partial charge in [-0.1, -0.05) is 13.0 Å². The smallest absolute Gasteiger partial charge is 0.475 e. The van der Waals surface area contributed by atoms with Crippen LogP contribution in [0, 0.1) is 5.92 Å². The van der Waals surface area contributed by atoms with Crippen molar-refractivity contribution in [2.45, 2.75) is 32.2 Å². The number of carboxylic acid groups (broad SMARTS) is 2. The molecule has 10 nitrogen and oxygen atoms in total. The fraction of sp³-hybridized carbons (Fsp3) is 0.478. The number of nitrogens with one attached hydrogen (secondary N) is 2. The molecule has 0 unspecified atom stereocenters. The van der Waals surface area contributed by atoms with Gasteiger partial charge in [-0.15, -0.1) is 0 Å². The average molecular weight is 567 g/mol. The lowest BCUT2D eigenvalue weighted by Crippen LogP contribution is -2.48. The fourth-order valence-corrected chi connectivity index (χ4v) is 3.53. The van der Waals surface area contributed by atoms with Gasteiger partial charge in [-0.2, -0.15) is 31.4 Å². The Kier molecular flexibility index (Phi) is 11.3. The van der Waals surface area contributed by atoms with E-state index in [0.717, 1.165) is 32.0 Å². The van der Waals surface area contributed by atoms with Crippen LogP contribution in [-0.4, -0.2) is 91.9 Å². The number of halogens is 6.